The van der Waals surface area contributed by atoms with Gasteiger partial charge in [-0.05, 0) is 42.3 Å². The molecule has 1 aromatic heterocycles. The highest BCUT2D eigenvalue weighted by Crippen LogP contribution is 2.35. The minimum atomic E-state index is -0.544. The molecule has 2 fully saturated rings. The molecule has 3 aromatic rings. The van der Waals surface area contributed by atoms with Crippen LogP contribution in [0.5, 0.6) is 5.75 Å². The average molecular weight is 489 g/mol. The number of ether oxygens (including phenoxy) is 2. The van der Waals surface area contributed by atoms with Crippen LogP contribution in [0.2, 0.25) is 0 Å². The van der Waals surface area contributed by atoms with E-state index in [0.29, 0.717) is 36.5 Å². The zero-order chi connectivity index (χ0) is 24.6. The molecule has 1 amide bonds. The molecule has 1 saturated heterocycles. The van der Waals surface area contributed by atoms with Gasteiger partial charge in [-0.2, -0.15) is 0 Å². The van der Waals surface area contributed by atoms with Crippen molar-refractivity contribution in [1.82, 2.24) is 9.80 Å². The molecular formula is C28H28N2O6. The number of nitrogens with zero attached hydrogens (tertiary/aromatic N) is 2. The molecule has 3 heterocycles. The number of morpholine rings is 1. The maximum atomic E-state index is 13.0. The monoisotopic (exact) mass is 488 g/mol. The Morgan fingerprint density at radius 1 is 1.03 bits per heavy atom. The van der Waals surface area contributed by atoms with Gasteiger partial charge < -0.3 is 18.8 Å². The van der Waals surface area contributed by atoms with Gasteiger partial charge in [0.25, 0.3) is 5.91 Å². The first-order valence-electron chi connectivity index (χ1n) is 12.5. The summed E-state index contributed by atoms with van der Waals surface area (Å²) in [6, 6.07) is 13.1. The predicted octanol–water partition coefficient (Wildman–Crippen LogP) is 3.49. The molecule has 0 N–H and O–H groups in total. The van der Waals surface area contributed by atoms with Gasteiger partial charge >= 0.3 is 0 Å². The Kier molecular flexibility index (Phi) is 6.07. The molecule has 2 aromatic carbocycles. The van der Waals surface area contributed by atoms with Gasteiger partial charge in [-0.15, -0.1) is 0 Å². The van der Waals surface area contributed by atoms with E-state index in [2.05, 4.69) is 17.0 Å². The summed E-state index contributed by atoms with van der Waals surface area (Å²) in [5.41, 5.74) is 3.37. The third kappa shape index (κ3) is 4.42. The summed E-state index contributed by atoms with van der Waals surface area (Å²) in [5.74, 6) is 0.901. The van der Waals surface area contributed by atoms with Crippen LogP contribution in [-0.2, 0) is 34.0 Å². The van der Waals surface area contributed by atoms with E-state index in [4.69, 9.17) is 13.9 Å². The third-order valence-electron chi connectivity index (χ3n) is 7.28. The van der Waals surface area contributed by atoms with Crippen LogP contribution in [0.15, 0.2) is 46.9 Å². The highest BCUT2D eigenvalue weighted by molar-refractivity contribution is 6.07. The minimum Gasteiger partial charge on any atom is -0.485 e. The Bertz CT molecular complexity index is 1340. The smallest absolute Gasteiger partial charge is 0.255 e. The van der Waals surface area contributed by atoms with Gasteiger partial charge in [-0.1, -0.05) is 12.1 Å². The van der Waals surface area contributed by atoms with Gasteiger partial charge in [0.2, 0.25) is 0 Å². The van der Waals surface area contributed by atoms with Crippen molar-refractivity contribution in [3.05, 3.63) is 64.9 Å². The van der Waals surface area contributed by atoms with E-state index in [9.17, 15) is 14.4 Å². The fourth-order valence-corrected chi connectivity index (χ4v) is 5.39. The molecule has 1 atom stereocenters. The summed E-state index contributed by atoms with van der Waals surface area (Å²) in [5, 5.41) is 1.03. The van der Waals surface area contributed by atoms with Crippen molar-refractivity contribution in [2.24, 2.45) is 0 Å². The number of Topliss-reactive ketones (excluding diaryl/α,β-unsaturated/α-hetero) is 2. The van der Waals surface area contributed by atoms with Gasteiger partial charge in [-0.25, -0.2) is 0 Å². The van der Waals surface area contributed by atoms with Gasteiger partial charge in [0.05, 0.1) is 32.2 Å². The molecule has 0 spiro atoms. The van der Waals surface area contributed by atoms with Crippen LogP contribution < -0.4 is 4.74 Å². The number of rotatable bonds is 6. The predicted molar refractivity (Wildman–Crippen MR) is 131 cm³/mol. The largest absolute Gasteiger partial charge is 0.485 e. The maximum absolute atomic E-state index is 13.0. The zero-order valence-electron chi connectivity index (χ0n) is 20.0. The molecule has 8 heteroatoms. The van der Waals surface area contributed by atoms with E-state index in [1.54, 1.807) is 17.0 Å². The van der Waals surface area contributed by atoms with Crippen molar-refractivity contribution in [3.63, 3.8) is 0 Å². The number of benzene rings is 2. The molecule has 3 aliphatic rings. The molecule has 36 heavy (non-hydrogen) atoms. The van der Waals surface area contributed by atoms with Crippen molar-refractivity contribution in [1.29, 1.82) is 0 Å². The minimum absolute atomic E-state index is 0.0523. The number of carbonyl (C=O) groups excluding carboxylic acids is 3. The van der Waals surface area contributed by atoms with E-state index in [1.807, 2.05) is 18.2 Å². The molecule has 6 rings (SSSR count). The SMILES string of the molecule is O=C1CCC(N2Cc3c(OCc4cc5cc(CN6CCOCC6)ccc5o4)cccc3C2=O)C(=O)C1. The van der Waals surface area contributed by atoms with Gasteiger partial charge in [0.15, 0.2) is 5.78 Å². The van der Waals surface area contributed by atoms with Gasteiger partial charge in [0, 0.05) is 42.6 Å². The second-order valence-corrected chi connectivity index (χ2v) is 9.71. The first-order chi connectivity index (χ1) is 17.5. The fourth-order valence-electron chi connectivity index (χ4n) is 5.39. The second-order valence-electron chi connectivity index (χ2n) is 9.71. The summed E-state index contributed by atoms with van der Waals surface area (Å²) in [4.78, 5) is 41.1. The Labute approximate surface area is 208 Å². The lowest BCUT2D eigenvalue weighted by Crippen LogP contribution is -2.44. The molecule has 1 aliphatic carbocycles. The van der Waals surface area contributed by atoms with Crippen molar-refractivity contribution >= 4 is 28.4 Å². The summed E-state index contributed by atoms with van der Waals surface area (Å²) >= 11 is 0. The summed E-state index contributed by atoms with van der Waals surface area (Å²) in [7, 11) is 0. The third-order valence-corrected chi connectivity index (χ3v) is 7.28. The summed E-state index contributed by atoms with van der Waals surface area (Å²) < 4.78 is 17.5. The second kappa shape index (κ2) is 9.52. The lowest BCUT2D eigenvalue weighted by Gasteiger charge is -2.29. The number of amides is 1. The van der Waals surface area contributed by atoms with Crippen LogP contribution in [0.1, 0.15) is 46.5 Å². The van der Waals surface area contributed by atoms with E-state index in [0.717, 1.165) is 49.4 Å². The standard InChI is InChI=1S/C28H28N2O6/c31-20-5-6-24(25(32)14-20)30-16-23-22(28(30)33)2-1-3-27(23)35-17-21-13-19-12-18(4-7-26(19)36-21)15-29-8-10-34-11-9-29/h1-4,7,12-13,24H,5-6,8-11,14-17H2. The van der Waals surface area contributed by atoms with Crippen LogP contribution >= 0.6 is 0 Å². The average Bonchev–Trinajstić information content (AvgIpc) is 3.44. The summed E-state index contributed by atoms with van der Waals surface area (Å²) in [6.45, 7) is 4.86. The van der Waals surface area contributed by atoms with Gasteiger partial charge in [0.1, 0.15) is 29.5 Å². The van der Waals surface area contributed by atoms with E-state index in [-0.39, 0.29) is 30.5 Å². The van der Waals surface area contributed by atoms with Crippen LogP contribution in [-0.4, -0.2) is 59.6 Å². The Hall–Kier alpha value is -3.49. The van der Waals surface area contributed by atoms with Crippen LogP contribution in [0, 0.1) is 0 Å². The van der Waals surface area contributed by atoms with E-state index in [1.165, 1.54) is 5.56 Å². The van der Waals surface area contributed by atoms with Crippen molar-refractivity contribution < 1.29 is 28.3 Å². The van der Waals surface area contributed by atoms with Gasteiger partial charge in [-0.3, -0.25) is 19.3 Å². The number of hydrogen-bond donors (Lipinski definition) is 0. The van der Waals surface area contributed by atoms with Crippen LogP contribution in [0.4, 0.5) is 0 Å². The van der Waals surface area contributed by atoms with Crippen molar-refractivity contribution in [2.45, 2.75) is 45.0 Å². The van der Waals surface area contributed by atoms with Crippen molar-refractivity contribution in [3.8, 4) is 5.75 Å². The maximum Gasteiger partial charge on any atom is 0.255 e. The lowest BCUT2D eigenvalue weighted by atomic mass is 9.92. The molecular weight excluding hydrogens is 460 g/mol. The fraction of sp³-hybridized carbons (Fsp3) is 0.393. The number of furan rings is 1. The van der Waals surface area contributed by atoms with Crippen LogP contribution in [0.3, 0.4) is 0 Å². The number of carbonyl (C=O) groups is 3. The Morgan fingerprint density at radius 3 is 2.72 bits per heavy atom. The summed E-state index contributed by atoms with van der Waals surface area (Å²) in [6.07, 6.45) is 0.633. The van der Waals surface area contributed by atoms with E-state index < -0.39 is 6.04 Å². The molecule has 186 valence electrons. The van der Waals surface area contributed by atoms with Crippen molar-refractivity contribution in [2.75, 3.05) is 26.3 Å². The Morgan fingerprint density at radius 2 is 1.89 bits per heavy atom. The lowest BCUT2D eigenvalue weighted by molar-refractivity contribution is -0.133. The first-order valence-corrected chi connectivity index (χ1v) is 12.5. The molecule has 1 saturated carbocycles. The molecule has 0 bridgehead atoms. The zero-order valence-corrected chi connectivity index (χ0v) is 20.0. The number of ketones is 2. The normalized spacial score (nSPS) is 20.8. The number of fused-ring (bicyclic) bond motifs is 2. The highest BCUT2D eigenvalue weighted by Gasteiger charge is 2.40. The van der Waals surface area contributed by atoms with Crippen LogP contribution in [0.25, 0.3) is 11.0 Å². The Balaban J connectivity index is 1.15. The first kappa shape index (κ1) is 22.9. The highest BCUT2D eigenvalue weighted by atomic mass is 16.5. The molecule has 2 aliphatic heterocycles. The molecule has 8 nitrogen and oxygen atoms in total. The molecule has 1 unspecified atom stereocenters. The molecule has 0 radical (unpaired) electrons. The van der Waals surface area contributed by atoms with E-state index >= 15 is 0 Å². The number of hydrogen-bond acceptors (Lipinski definition) is 7. The topological polar surface area (TPSA) is 89.3 Å². The quantitative estimate of drug-likeness (QED) is 0.491.